The van der Waals surface area contributed by atoms with Crippen LogP contribution in [0.5, 0.6) is 0 Å². The van der Waals surface area contributed by atoms with Gasteiger partial charge in [0.15, 0.2) is 0 Å². The lowest BCUT2D eigenvalue weighted by molar-refractivity contribution is -0.117. The minimum Gasteiger partial charge on any atom is -0.325 e. The molecule has 0 aliphatic carbocycles. The van der Waals surface area contributed by atoms with E-state index in [0.29, 0.717) is 5.75 Å². The van der Waals surface area contributed by atoms with Crippen LogP contribution in [0.3, 0.4) is 0 Å². The smallest absolute Gasteiger partial charge is 0.241 e. The zero-order chi connectivity index (χ0) is 16.1. The first-order chi connectivity index (χ1) is 11.2. The van der Waals surface area contributed by atoms with Crippen LogP contribution in [0.25, 0.3) is 0 Å². The third-order valence-corrected chi connectivity index (χ3v) is 5.27. The van der Waals surface area contributed by atoms with Crippen LogP contribution in [0.4, 0.5) is 5.69 Å². The molecule has 0 saturated carbocycles. The highest BCUT2D eigenvalue weighted by Gasteiger charge is 2.21. The Morgan fingerprint density at radius 1 is 1.17 bits per heavy atom. The van der Waals surface area contributed by atoms with Crippen LogP contribution in [0.2, 0.25) is 0 Å². The molecule has 1 aliphatic heterocycles. The number of rotatable bonds is 5. The highest BCUT2D eigenvalue weighted by molar-refractivity contribution is 7.84. The molecule has 4 nitrogen and oxygen atoms in total. The first-order valence-electron chi connectivity index (χ1n) is 7.79. The predicted octanol–water partition coefficient (Wildman–Crippen LogP) is 2.68. The fourth-order valence-electron chi connectivity index (χ4n) is 2.68. The minimum absolute atomic E-state index is 0.00355. The van der Waals surface area contributed by atoms with Crippen LogP contribution in [-0.4, -0.2) is 22.7 Å². The molecule has 1 aliphatic rings. The van der Waals surface area contributed by atoms with Crippen molar-refractivity contribution in [1.29, 1.82) is 0 Å². The Morgan fingerprint density at radius 3 is 2.74 bits per heavy atom. The van der Waals surface area contributed by atoms with Crippen molar-refractivity contribution in [3.8, 4) is 0 Å². The lowest BCUT2D eigenvalue weighted by atomic mass is 10.2. The summed E-state index contributed by atoms with van der Waals surface area (Å²) in [5, 5.41) is 6.12. The fraction of sp³-hybridized carbons (Fsp3) is 0.278. The lowest BCUT2D eigenvalue weighted by Gasteiger charge is -2.12. The van der Waals surface area contributed by atoms with Crippen LogP contribution < -0.4 is 10.6 Å². The number of nitrogens with one attached hydrogen (secondary N) is 2. The molecule has 3 rings (SSSR count). The molecule has 0 aromatic heterocycles. The lowest BCUT2D eigenvalue weighted by Crippen LogP contribution is -2.35. The third-order valence-electron chi connectivity index (χ3n) is 3.88. The summed E-state index contributed by atoms with van der Waals surface area (Å²) in [6.45, 7) is 0.897. The van der Waals surface area contributed by atoms with Crippen molar-refractivity contribution in [2.24, 2.45) is 0 Å². The quantitative estimate of drug-likeness (QED) is 0.887. The molecule has 23 heavy (non-hydrogen) atoms. The Morgan fingerprint density at radius 2 is 2.00 bits per heavy atom. The van der Waals surface area contributed by atoms with Gasteiger partial charge < -0.3 is 10.6 Å². The second-order valence-electron chi connectivity index (χ2n) is 5.64. The topological polar surface area (TPSA) is 58.2 Å². The van der Waals surface area contributed by atoms with Gasteiger partial charge in [0.2, 0.25) is 5.91 Å². The Labute approximate surface area is 138 Å². The van der Waals surface area contributed by atoms with Crippen molar-refractivity contribution in [2.75, 3.05) is 11.9 Å². The summed E-state index contributed by atoms with van der Waals surface area (Å²) in [6, 6.07) is 16.9. The summed E-state index contributed by atoms with van der Waals surface area (Å²) in [5.74, 6) is 0.443. The van der Waals surface area contributed by atoms with Gasteiger partial charge in [-0.1, -0.05) is 30.3 Å². The number of hydrogen-bond donors (Lipinski definition) is 2. The van der Waals surface area contributed by atoms with Gasteiger partial charge >= 0.3 is 0 Å². The summed E-state index contributed by atoms with van der Waals surface area (Å²) < 4.78 is 12.4. The molecule has 1 saturated heterocycles. The van der Waals surface area contributed by atoms with Gasteiger partial charge in [0, 0.05) is 10.6 Å². The zero-order valence-electron chi connectivity index (χ0n) is 12.8. The SMILES string of the molecule is O=C(Nc1cccc(CS(=O)c2ccccc2)c1)C1CCCN1. The molecule has 0 spiro atoms. The molecule has 0 bridgehead atoms. The number of hydrogen-bond acceptors (Lipinski definition) is 3. The highest BCUT2D eigenvalue weighted by Crippen LogP contribution is 2.17. The van der Waals surface area contributed by atoms with E-state index in [9.17, 15) is 9.00 Å². The van der Waals surface area contributed by atoms with Crippen LogP contribution in [0, 0.1) is 0 Å². The van der Waals surface area contributed by atoms with E-state index in [1.54, 1.807) is 0 Å². The average Bonchev–Trinajstić information content (AvgIpc) is 3.10. The normalized spacial score (nSPS) is 18.5. The Hall–Kier alpha value is -1.98. The van der Waals surface area contributed by atoms with E-state index in [1.807, 2.05) is 54.6 Å². The van der Waals surface area contributed by atoms with Gasteiger partial charge in [-0.25, -0.2) is 0 Å². The van der Waals surface area contributed by atoms with Crippen molar-refractivity contribution in [2.45, 2.75) is 29.5 Å². The summed E-state index contributed by atoms with van der Waals surface area (Å²) in [4.78, 5) is 13.0. The van der Waals surface area contributed by atoms with E-state index in [0.717, 1.165) is 35.5 Å². The average molecular weight is 328 g/mol. The van der Waals surface area contributed by atoms with Crippen LogP contribution in [-0.2, 0) is 21.3 Å². The molecule has 2 aromatic carbocycles. The molecular weight excluding hydrogens is 308 g/mol. The maximum atomic E-state index is 12.4. The van der Waals surface area contributed by atoms with E-state index in [4.69, 9.17) is 0 Å². The van der Waals surface area contributed by atoms with Gasteiger partial charge in [-0.15, -0.1) is 0 Å². The zero-order valence-corrected chi connectivity index (χ0v) is 13.6. The monoisotopic (exact) mass is 328 g/mol. The number of benzene rings is 2. The molecule has 1 heterocycles. The van der Waals surface area contributed by atoms with Crippen molar-refractivity contribution in [3.63, 3.8) is 0 Å². The molecule has 1 amide bonds. The molecule has 2 unspecified atom stereocenters. The van der Waals surface area contributed by atoms with Gasteiger partial charge in [-0.05, 0) is 49.2 Å². The van der Waals surface area contributed by atoms with E-state index in [1.165, 1.54) is 0 Å². The minimum atomic E-state index is -1.08. The van der Waals surface area contributed by atoms with Gasteiger partial charge in [-0.2, -0.15) is 0 Å². The van der Waals surface area contributed by atoms with Crippen LogP contribution >= 0.6 is 0 Å². The van der Waals surface area contributed by atoms with Gasteiger partial charge in [-0.3, -0.25) is 9.00 Å². The van der Waals surface area contributed by atoms with Gasteiger partial charge in [0.1, 0.15) is 0 Å². The van der Waals surface area contributed by atoms with Crippen molar-refractivity contribution in [1.82, 2.24) is 5.32 Å². The number of amides is 1. The first-order valence-corrected chi connectivity index (χ1v) is 9.11. The summed E-state index contributed by atoms with van der Waals surface area (Å²) in [5.41, 5.74) is 1.70. The predicted molar refractivity (Wildman–Crippen MR) is 92.7 cm³/mol. The van der Waals surface area contributed by atoms with Crippen LogP contribution in [0.1, 0.15) is 18.4 Å². The largest absolute Gasteiger partial charge is 0.325 e. The number of anilines is 1. The van der Waals surface area contributed by atoms with Gasteiger partial charge in [0.25, 0.3) is 0 Å². The Kier molecular flexibility index (Phi) is 5.20. The maximum Gasteiger partial charge on any atom is 0.241 e. The molecule has 2 N–H and O–H groups in total. The van der Waals surface area contributed by atoms with E-state index in [-0.39, 0.29) is 11.9 Å². The van der Waals surface area contributed by atoms with Crippen molar-refractivity contribution < 1.29 is 9.00 Å². The van der Waals surface area contributed by atoms with E-state index >= 15 is 0 Å². The Bertz CT molecular complexity index is 697. The maximum absolute atomic E-state index is 12.4. The summed E-state index contributed by atoms with van der Waals surface area (Å²) >= 11 is 0. The molecule has 5 heteroatoms. The molecule has 120 valence electrons. The third kappa shape index (κ3) is 4.27. The number of carbonyl (C=O) groups excluding carboxylic acids is 1. The molecule has 1 fully saturated rings. The molecule has 2 aromatic rings. The summed E-state index contributed by atoms with van der Waals surface area (Å²) in [7, 11) is -1.08. The van der Waals surface area contributed by atoms with E-state index < -0.39 is 10.8 Å². The molecule has 0 radical (unpaired) electrons. The highest BCUT2D eigenvalue weighted by atomic mass is 32.2. The Balaban J connectivity index is 1.65. The molecule has 2 atom stereocenters. The first kappa shape index (κ1) is 15.9. The second-order valence-corrected chi connectivity index (χ2v) is 7.09. The van der Waals surface area contributed by atoms with Crippen LogP contribution in [0.15, 0.2) is 59.5 Å². The van der Waals surface area contributed by atoms with Gasteiger partial charge in [0.05, 0.1) is 22.6 Å². The molecular formula is C18H20N2O2S. The van der Waals surface area contributed by atoms with Crippen molar-refractivity contribution in [3.05, 3.63) is 60.2 Å². The summed E-state index contributed by atoms with van der Waals surface area (Å²) in [6.07, 6.45) is 1.91. The van der Waals surface area contributed by atoms with Crippen molar-refractivity contribution >= 4 is 22.4 Å². The number of carbonyl (C=O) groups is 1. The van der Waals surface area contributed by atoms with E-state index in [2.05, 4.69) is 10.6 Å². The fourth-order valence-corrected chi connectivity index (χ4v) is 3.79. The standard InChI is InChI=1S/C18H20N2O2S/c21-18(17-10-5-11-19-17)20-15-7-4-6-14(12-15)13-23(22)16-8-2-1-3-9-16/h1-4,6-9,12,17,19H,5,10-11,13H2,(H,20,21). The second kappa shape index (κ2) is 7.53.